The lowest BCUT2D eigenvalue weighted by Crippen LogP contribution is -2.15. The number of hydrogen-bond donors (Lipinski definition) is 1. The highest BCUT2D eigenvalue weighted by Crippen LogP contribution is 2.30. The van der Waals surface area contributed by atoms with Gasteiger partial charge >= 0.3 is 0 Å². The van der Waals surface area contributed by atoms with Gasteiger partial charge in [0, 0.05) is 24.3 Å². The third kappa shape index (κ3) is 2.34. The molecule has 0 aliphatic heterocycles. The van der Waals surface area contributed by atoms with E-state index < -0.39 is 0 Å². The first kappa shape index (κ1) is 8.81. The van der Waals surface area contributed by atoms with Crippen molar-refractivity contribution in [3.8, 4) is 0 Å². The third-order valence-electron chi connectivity index (χ3n) is 2.26. The van der Waals surface area contributed by atoms with E-state index in [0.29, 0.717) is 11.0 Å². The monoisotopic (exact) mass is 196 g/mol. The standard InChI is InChI=1S/C9H12N2OS/c12-7-1-3-8(4-2-7)13-9-5-6-10-11-9/h5-6,8H,1-4H2,(H,10,11). The van der Waals surface area contributed by atoms with E-state index in [1.165, 1.54) is 0 Å². The van der Waals surface area contributed by atoms with Gasteiger partial charge in [0.15, 0.2) is 0 Å². The maximum Gasteiger partial charge on any atom is 0.132 e. The first-order valence-electron chi connectivity index (χ1n) is 4.52. The molecule has 0 atom stereocenters. The first-order valence-corrected chi connectivity index (χ1v) is 5.40. The number of rotatable bonds is 2. The molecule has 3 nitrogen and oxygen atoms in total. The van der Waals surface area contributed by atoms with Crippen LogP contribution in [0.4, 0.5) is 0 Å². The fourth-order valence-corrected chi connectivity index (χ4v) is 2.59. The molecule has 1 aliphatic rings. The summed E-state index contributed by atoms with van der Waals surface area (Å²) in [7, 11) is 0. The predicted molar refractivity (Wildman–Crippen MR) is 51.7 cm³/mol. The van der Waals surface area contributed by atoms with Gasteiger partial charge in [-0.2, -0.15) is 5.10 Å². The van der Waals surface area contributed by atoms with E-state index >= 15 is 0 Å². The fourth-order valence-electron chi connectivity index (χ4n) is 1.52. The molecule has 0 aromatic carbocycles. The summed E-state index contributed by atoms with van der Waals surface area (Å²) < 4.78 is 0. The van der Waals surface area contributed by atoms with E-state index in [1.54, 1.807) is 18.0 Å². The number of carbonyl (C=O) groups is 1. The van der Waals surface area contributed by atoms with Gasteiger partial charge in [0.1, 0.15) is 5.78 Å². The molecule has 1 heterocycles. The minimum Gasteiger partial charge on any atom is -0.300 e. The highest BCUT2D eigenvalue weighted by molar-refractivity contribution is 7.99. The molecule has 1 N–H and O–H groups in total. The maximum absolute atomic E-state index is 11.0. The van der Waals surface area contributed by atoms with Crippen LogP contribution in [0.25, 0.3) is 0 Å². The number of H-pyrrole nitrogens is 1. The number of Topliss-reactive ketones (excluding diaryl/α,β-unsaturated/α-hetero) is 1. The molecule has 0 radical (unpaired) electrons. The summed E-state index contributed by atoms with van der Waals surface area (Å²) in [5.41, 5.74) is 0. The lowest BCUT2D eigenvalue weighted by atomic mass is 9.99. The lowest BCUT2D eigenvalue weighted by Gasteiger charge is -2.19. The van der Waals surface area contributed by atoms with E-state index in [1.807, 2.05) is 6.07 Å². The van der Waals surface area contributed by atoms with E-state index in [2.05, 4.69) is 10.2 Å². The zero-order chi connectivity index (χ0) is 9.10. The van der Waals surface area contributed by atoms with Crippen LogP contribution in [0.3, 0.4) is 0 Å². The molecule has 0 bridgehead atoms. The second-order valence-corrected chi connectivity index (χ2v) is 4.62. The summed E-state index contributed by atoms with van der Waals surface area (Å²) in [5.74, 6) is 0.418. The van der Waals surface area contributed by atoms with Gasteiger partial charge in [0.05, 0.1) is 5.03 Å². The van der Waals surface area contributed by atoms with Crippen molar-refractivity contribution >= 4 is 17.5 Å². The zero-order valence-corrected chi connectivity index (χ0v) is 8.14. The van der Waals surface area contributed by atoms with E-state index in [9.17, 15) is 4.79 Å². The quantitative estimate of drug-likeness (QED) is 0.787. The Morgan fingerprint density at radius 3 is 2.85 bits per heavy atom. The lowest BCUT2D eigenvalue weighted by molar-refractivity contribution is -0.120. The molecule has 1 aromatic heterocycles. The topological polar surface area (TPSA) is 45.8 Å². The molecular weight excluding hydrogens is 184 g/mol. The largest absolute Gasteiger partial charge is 0.300 e. The van der Waals surface area contributed by atoms with Crippen molar-refractivity contribution in [1.82, 2.24) is 10.2 Å². The van der Waals surface area contributed by atoms with Gasteiger partial charge < -0.3 is 0 Å². The SMILES string of the molecule is O=C1CCC(Sc2ccn[nH]2)CC1. The summed E-state index contributed by atoms with van der Waals surface area (Å²) in [6, 6.07) is 1.97. The molecule has 2 rings (SSSR count). The van der Waals surface area contributed by atoms with Gasteiger partial charge in [-0.25, -0.2) is 0 Å². The van der Waals surface area contributed by atoms with Crippen molar-refractivity contribution in [2.45, 2.75) is 36.0 Å². The van der Waals surface area contributed by atoms with Crippen LogP contribution in [0.1, 0.15) is 25.7 Å². The number of hydrogen-bond acceptors (Lipinski definition) is 3. The van der Waals surface area contributed by atoms with E-state index in [4.69, 9.17) is 0 Å². The van der Waals surface area contributed by atoms with Crippen LogP contribution in [0.5, 0.6) is 0 Å². The second kappa shape index (κ2) is 3.96. The molecule has 0 saturated heterocycles. The average molecular weight is 196 g/mol. The highest BCUT2D eigenvalue weighted by atomic mass is 32.2. The van der Waals surface area contributed by atoms with Crippen molar-refractivity contribution in [2.24, 2.45) is 0 Å². The van der Waals surface area contributed by atoms with E-state index in [0.717, 1.165) is 30.7 Å². The van der Waals surface area contributed by atoms with Crippen molar-refractivity contribution in [2.75, 3.05) is 0 Å². The van der Waals surface area contributed by atoms with Gasteiger partial charge in [-0.05, 0) is 18.9 Å². The third-order valence-corrected chi connectivity index (χ3v) is 3.55. The van der Waals surface area contributed by atoms with Crippen molar-refractivity contribution in [3.05, 3.63) is 12.3 Å². The van der Waals surface area contributed by atoms with Gasteiger partial charge in [-0.15, -0.1) is 11.8 Å². The molecule has 1 fully saturated rings. The molecule has 1 saturated carbocycles. The van der Waals surface area contributed by atoms with Crippen LogP contribution in [-0.2, 0) is 4.79 Å². The Hall–Kier alpha value is -0.770. The smallest absolute Gasteiger partial charge is 0.132 e. The minimum atomic E-state index is 0.418. The molecule has 1 aromatic rings. The number of ketones is 1. The Morgan fingerprint density at radius 1 is 1.46 bits per heavy atom. The second-order valence-electron chi connectivity index (χ2n) is 3.28. The van der Waals surface area contributed by atoms with Crippen molar-refractivity contribution in [1.29, 1.82) is 0 Å². The first-order chi connectivity index (χ1) is 6.34. The van der Waals surface area contributed by atoms with Crippen LogP contribution in [-0.4, -0.2) is 21.2 Å². The van der Waals surface area contributed by atoms with Crippen LogP contribution in [0.2, 0.25) is 0 Å². The Balaban J connectivity index is 1.86. The molecular formula is C9H12N2OS. The van der Waals surface area contributed by atoms with Crippen molar-refractivity contribution in [3.63, 3.8) is 0 Å². The number of nitrogens with zero attached hydrogens (tertiary/aromatic N) is 1. The fraction of sp³-hybridized carbons (Fsp3) is 0.556. The molecule has 70 valence electrons. The van der Waals surface area contributed by atoms with Gasteiger partial charge in [-0.3, -0.25) is 9.89 Å². The average Bonchev–Trinajstić information content (AvgIpc) is 2.62. The van der Waals surface area contributed by atoms with Gasteiger partial charge in [0.25, 0.3) is 0 Å². The summed E-state index contributed by atoms with van der Waals surface area (Å²) in [6.07, 6.45) is 5.30. The number of nitrogens with one attached hydrogen (secondary N) is 1. The number of thioether (sulfide) groups is 1. The summed E-state index contributed by atoms with van der Waals surface area (Å²) in [5, 5.41) is 8.52. The van der Waals surface area contributed by atoms with Crippen LogP contribution in [0, 0.1) is 0 Å². The van der Waals surface area contributed by atoms with Crippen LogP contribution < -0.4 is 0 Å². The Labute approximate surface area is 81.3 Å². The van der Waals surface area contributed by atoms with Crippen LogP contribution >= 0.6 is 11.8 Å². The number of carbonyl (C=O) groups excluding carboxylic acids is 1. The van der Waals surface area contributed by atoms with Crippen LogP contribution in [0.15, 0.2) is 17.3 Å². The molecule has 0 unspecified atom stereocenters. The molecule has 0 spiro atoms. The summed E-state index contributed by atoms with van der Waals surface area (Å²) >= 11 is 1.80. The molecule has 0 amide bonds. The predicted octanol–water partition coefficient (Wildman–Crippen LogP) is 2.01. The zero-order valence-electron chi connectivity index (χ0n) is 7.32. The number of aromatic amines is 1. The molecule has 1 aliphatic carbocycles. The summed E-state index contributed by atoms with van der Waals surface area (Å²) in [6.45, 7) is 0. The number of aromatic nitrogens is 2. The highest BCUT2D eigenvalue weighted by Gasteiger charge is 2.19. The van der Waals surface area contributed by atoms with Crippen molar-refractivity contribution < 1.29 is 4.79 Å². The summed E-state index contributed by atoms with van der Waals surface area (Å²) in [4.78, 5) is 11.0. The van der Waals surface area contributed by atoms with E-state index in [-0.39, 0.29) is 0 Å². The Morgan fingerprint density at radius 2 is 2.23 bits per heavy atom. The Kier molecular flexibility index (Phi) is 2.68. The minimum absolute atomic E-state index is 0.418. The van der Waals surface area contributed by atoms with Gasteiger partial charge in [-0.1, -0.05) is 0 Å². The maximum atomic E-state index is 11.0. The Bertz CT molecular complexity index is 274. The molecule has 4 heteroatoms. The molecule has 13 heavy (non-hydrogen) atoms. The van der Waals surface area contributed by atoms with Gasteiger partial charge in [0.2, 0.25) is 0 Å². The normalized spacial score (nSPS) is 19.2.